The summed E-state index contributed by atoms with van der Waals surface area (Å²) in [6.45, 7) is 0.994. The van der Waals surface area contributed by atoms with Crippen molar-refractivity contribution in [3.8, 4) is 0 Å². The molecule has 1 aromatic heterocycles. The Morgan fingerprint density at radius 3 is 2.45 bits per heavy atom. The lowest BCUT2D eigenvalue weighted by Gasteiger charge is -2.19. The summed E-state index contributed by atoms with van der Waals surface area (Å²) in [6, 6.07) is 12.9. The molecule has 0 amide bonds. The lowest BCUT2D eigenvalue weighted by Crippen LogP contribution is -2.25. The molecule has 1 aliphatic carbocycles. The molecule has 20 heavy (non-hydrogen) atoms. The third kappa shape index (κ3) is 3.59. The minimum Gasteiger partial charge on any atom is -0.309 e. The molecule has 1 fully saturated rings. The van der Waals surface area contributed by atoms with Crippen LogP contribution in [0.15, 0.2) is 48.8 Å². The minimum atomic E-state index is 0.467. The predicted octanol–water partition coefficient (Wildman–Crippen LogP) is 4.02. The van der Waals surface area contributed by atoms with E-state index in [0.717, 1.165) is 23.9 Å². The zero-order chi connectivity index (χ0) is 13.8. The van der Waals surface area contributed by atoms with Gasteiger partial charge in [-0.1, -0.05) is 23.7 Å². The summed E-state index contributed by atoms with van der Waals surface area (Å²) in [4.78, 5) is 4.05. The highest BCUT2D eigenvalue weighted by Crippen LogP contribution is 2.41. The topological polar surface area (TPSA) is 24.9 Å². The molecular formula is C17H19ClN2. The van der Waals surface area contributed by atoms with Crippen LogP contribution in [0.5, 0.6) is 0 Å². The Balaban J connectivity index is 1.59. The van der Waals surface area contributed by atoms with E-state index < -0.39 is 0 Å². The number of benzene rings is 1. The number of hydrogen-bond acceptors (Lipinski definition) is 2. The zero-order valence-electron chi connectivity index (χ0n) is 11.4. The molecule has 3 heteroatoms. The average Bonchev–Trinajstić information content (AvgIpc) is 3.31. The number of pyridine rings is 1. The lowest BCUT2D eigenvalue weighted by atomic mass is 10.0. The molecule has 1 aromatic carbocycles. The van der Waals surface area contributed by atoms with Crippen LogP contribution in [0.1, 0.15) is 30.0 Å². The molecule has 1 N–H and O–H groups in total. The van der Waals surface area contributed by atoms with Crippen LogP contribution in [0, 0.1) is 5.92 Å². The van der Waals surface area contributed by atoms with Gasteiger partial charge in [0.25, 0.3) is 0 Å². The molecule has 0 radical (unpaired) electrons. The first kappa shape index (κ1) is 13.6. The molecule has 1 unspecified atom stereocenters. The summed E-state index contributed by atoms with van der Waals surface area (Å²) in [7, 11) is 0. The SMILES string of the molecule is Clc1ccc(C(NCCc2ccncc2)C2CC2)cc1. The van der Waals surface area contributed by atoms with Gasteiger partial charge < -0.3 is 5.32 Å². The van der Waals surface area contributed by atoms with Crippen molar-refractivity contribution in [2.75, 3.05) is 6.54 Å². The molecule has 2 aromatic rings. The second-order valence-corrected chi connectivity index (χ2v) is 5.86. The Labute approximate surface area is 125 Å². The fraction of sp³-hybridized carbons (Fsp3) is 0.353. The number of nitrogens with zero attached hydrogens (tertiary/aromatic N) is 1. The second-order valence-electron chi connectivity index (χ2n) is 5.43. The van der Waals surface area contributed by atoms with Crippen LogP contribution in [0.3, 0.4) is 0 Å². The third-order valence-electron chi connectivity index (χ3n) is 3.85. The molecule has 104 valence electrons. The van der Waals surface area contributed by atoms with E-state index in [1.807, 2.05) is 24.5 Å². The summed E-state index contributed by atoms with van der Waals surface area (Å²) in [5, 5.41) is 4.51. The number of aromatic nitrogens is 1. The van der Waals surface area contributed by atoms with Crippen LogP contribution < -0.4 is 5.32 Å². The van der Waals surface area contributed by atoms with Gasteiger partial charge in [-0.25, -0.2) is 0 Å². The highest BCUT2D eigenvalue weighted by molar-refractivity contribution is 6.30. The summed E-state index contributed by atoms with van der Waals surface area (Å²) < 4.78 is 0. The van der Waals surface area contributed by atoms with Crippen molar-refractivity contribution >= 4 is 11.6 Å². The van der Waals surface area contributed by atoms with Crippen LogP contribution in [0.2, 0.25) is 5.02 Å². The average molecular weight is 287 g/mol. The second kappa shape index (κ2) is 6.38. The molecule has 2 nitrogen and oxygen atoms in total. The summed E-state index contributed by atoms with van der Waals surface area (Å²) in [5.74, 6) is 0.786. The fourth-order valence-electron chi connectivity index (χ4n) is 2.58. The summed E-state index contributed by atoms with van der Waals surface area (Å²) >= 11 is 5.97. The maximum Gasteiger partial charge on any atom is 0.0406 e. The van der Waals surface area contributed by atoms with Crippen LogP contribution in [-0.2, 0) is 6.42 Å². The van der Waals surface area contributed by atoms with Gasteiger partial charge in [0.2, 0.25) is 0 Å². The van der Waals surface area contributed by atoms with Gasteiger partial charge in [0.1, 0.15) is 0 Å². The monoisotopic (exact) mass is 286 g/mol. The van der Waals surface area contributed by atoms with Crippen molar-refractivity contribution in [2.24, 2.45) is 5.92 Å². The predicted molar refractivity (Wildman–Crippen MR) is 82.9 cm³/mol. The van der Waals surface area contributed by atoms with Gasteiger partial charge in [-0.15, -0.1) is 0 Å². The third-order valence-corrected chi connectivity index (χ3v) is 4.10. The van der Waals surface area contributed by atoms with Crippen LogP contribution in [0.25, 0.3) is 0 Å². The van der Waals surface area contributed by atoms with Gasteiger partial charge >= 0.3 is 0 Å². The van der Waals surface area contributed by atoms with Crippen molar-refractivity contribution in [3.05, 3.63) is 64.9 Å². The Bertz CT molecular complexity index is 535. The first-order chi connectivity index (χ1) is 9.83. The van der Waals surface area contributed by atoms with E-state index in [1.54, 1.807) is 0 Å². The molecule has 3 rings (SSSR count). The van der Waals surface area contributed by atoms with Crippen LogP contribution in [0.4, 0.5) is 0 Å². The summed E-state index contributed by atoms with van der Waals surface area (Å²) in [6.07, 6.45) is 7.41. The Hall–Kier alpha value is -1.38. The minimum absolute atomic E-state index is 0.467. The van der Waals surface area contributed by atoms with Crippen molar-refractivity contribution in [1.82, 2.24) is 10.3 Å². The highest BCUT2D eigenvalue weighted by atomic mass is 35.5. The van der Waals surface area contributed by atoms with E-state index in [2.05, 4.69) is 34.6 Å². The summed E-state index contributed by atoms with van der Waals surface area (Å²) in [5.41, 5.74) is 2.68. The largest absolute Gasteiger partial charge is 0.309 e. The smallest absolute Gasteiger partial charge is 0.0406 e. The lowest BCUT2D eigenvalue weighted by molar-refractivity contribution is 0.484. The van der Waals surface area contributed by atoms with Gasteiger partial charge in [-0.3, -0.25) is 4.98 Å². The standard InChI is InChI=1S/C17H19ClN2/c18-16-5-3-15(4-6-16)17(14-1-2-14)20-12-9-13-7-10-19-11-8-13/h3-8,10-11,14,17,20H,1-2,9,12H2. The quantitative estimate of drug-likeness (QED) is 0.867. The van der Waals surface area contributed by atoms with Gasteiger partial charge in [0.05, 0.1) is 0 Å². The maximum atomic E-state index is 5.97. The maximum absolute atomic E-state index is 5.97. The number of halogens is 1. The fourth-order valence-corrected chi connectivity index (χ4v) is 2.70. The molecule has 1 saturated carbocycles. The van der Waals surface area contributed by atoms with Crippen molar-refractivity contribution in [1.29, 1.82) is 0 Å². The number of rotatable bonds is 6. The Morgan fingerprint density at radius 2 is 1.80 bits per heavy atom. The molecular weight excluding hydrogens is 268 g/mol. The van der Waals surface area contributed by atoms with Crippen molar-refractivity contribution in [2.45, 2.75) is 25.3 Å². The van der Waals surface area contributed by atoms with Crippen LogP contribution >= 0.6 is 11.6 Å². The highest BCUT2D eigenvalue weighted by Gasteiger charge is 2.31. The van der Waals surface area contributed by atoms with Crippen molar-refractivity contribution in [3.63, 3.8) is 0 Å². The van der Waals surface area contributed by atoms with Crippen molar-refractivity contribution < 1.29 is 0 Å². The van der Waals surface area contributed by atoms with E-state index in [0.29, 0.717) is 6.04 Å². The molecule has 1 heterocycles. The molecule has 0 aliphatic heterocycles. The first-order valence-corrected chi connectivity index (χ1v) is 7.58. The van der Waals surface area contributed by atoms with E-state index in [4.69, 9.17) is 11.6 Å². The molecule has 0 bridgehead atoms. The molecule has 1 atom stereocenters. The Kier molecular flexibility index (Phi) is 4.34. The van der Waals surface area contributed by atoms with E-state index in [-0.39, 0.29) is 0 Å². The van der Waals surface area contributed by atoms with Gasteiger partial charge in [-0.05, 0) is 67.1 Å². The van der Waals surface area contributed by atoms with Gasteiger partial charge in [-0.2, -0.15) is 0 Å². The van der Waals surface area contributed by atoms with Crippen LogP contribution in [-0.4, -0.2) is 11.5 Å². The molecule has 0 spiro atoms. The van der Waals surface area contributed by atoms with E-state index in [9.17, 15) is 0 Å². The normalized spacial score (nSPS) is 16.1. The molecule has 1 aliphatic rings. The number of hydrogen-bond donors (Lipinski definition) is 1. The van der Waals surface area contributed by atoms with Gasteiger partial charge in [0.15, 0.2) is 0 Å². The van der Waals surface area contributed by atoms with Gasteiger partial charge in [0, 0.05) is 23.5 Å². The van der Waals surface area contributed by atoms with E-state index in [1.165, 1.54) is 24.0 Å². The Morgan fingerprint density at radius 1 is 1.10 bits per heavy atom. The molecule has 0 saturated heterocycles. The first-order valence-electron chi connectivity index (χ1n) is 7.21. The number of nitrogens with one attached hydrogen (secondary N) is 1. The zero-order valence-corrected chi connectivity index (χ0v) is 12.2. The van der Waals surface area contributed by atoms with E-state index >= 15 is 0 Å².